The largest absolute Gasteiger partial charge is 0.398 e. The third-order valence-corrected chi connectivity index (χ3v) is 8.05. The van der Waals surface area contributed by atoms with Crippen LogP contribution in [0.5, 0.6) is 0 Å². The number of pyridine rings is 1. The number of hydrogen-bond donors (Lipinski definition) is 2. The molecule has 0 aliphatic carbocycles. The van der Waals surface area contributed by atoms with Gasteiger partial charge < -0.3 is 20.9 Å². The van der Waals surface area contributed by atoms with E-state index in [0.29, 0.717) is 33.4 Å². The average molecular weight is 531 g/mol. The highest BCUT2D eigenvalue weighted by molar-refractivity contribution is 6.33. The number of aromatic nitrogens is 1. The van der Waals surface area contributed by atoms with E-state index in [1.807, 2.05) is 17.2 Å². The van der Waals surface area contributed by atoms with E-state index < -0.39 is 0 Å². The van der Waals surface area contributed by atoms with Gasteiger partial charge in [0.25, 0.3) is 5.91 Å². The molecule has 0 saturated carbocycles. The van der Waals surface area contributed by atoms with Crippen LogP contribution in [0.15, 0.2) is 35.5 Å². The van der Waals surface area contributed by atoms with Crippen molar-refractivity contribution in [2.24, 2.45) is 4.99 Å². The number of anilines is 2. The summed E-state index contributed by atoms with van der Waals surface area (Å²) in [6, 6.07) is 7.92. The van der Waals surface area contributed by atoms with Crippen molar-refractivity contribution in [2.75, 3.05) is 56.4 Å². The maximum Gasteiger partial charge on any atom is 0.255 e. The molecule has 3 aliphatic heterocycles. The van der Waals surface area contributed by atoms with E-state index in [1.54, 1.807) is 18.2 Å². The first-order valence-corrected chi connectivity index (χ1v) is 13.5. The Bertz CT molecular complexity index is 1150. The second-order valence-electron chi connectivity index (χ2n) is 9.69. The maximum atomic E-state index is 13.0. The third kappa shape index (κ3) is 5.12. The van der Waals surface area contributed by atoms with Crippen LogP contribution in [0.1, 0.15) is 42.1 Å². The van der Waals surface area contributed by atoms with Crippen molar-refractivity contribution < 1.29 is 4.79 Å². The summed E-state index contributed by atoms with van der Waals surface area (Å²) in [7, 11) is 0. The van der Waals surface area contributed by atoms with E-state index in [9.17, 15) is 4.79 Å². The molecular formula is C26H33Cl2N7O. The number of aliphatic imine (C=N–C) groups is 1. The molecule has 0 bridgehead atoms. The Morgan fingerprint density at radius 3 is 2.64 bits per heavy atom. The number of nitrogens with zero attached hydrogens (tertiary/aromatic N) is 5. The Morgan fingerprint density at radius 1 is 1.17 bits per heavy atom. The first-order valence-electron chi connectivity index (χ1n) is 12.7. The lowest BCUT2D eigenvalue weighted by atomic mass is 9.97. The molecule has 3 aliphatic rings. The Morgan fingerprint density at radius 2 is 1.97 bits per heavy atom. The first kappa shape index (κ1) is 25.1. The van der Waals surface area contributed by atoms with Gasteiger partial charge in [-0.05, 0) is 43.5 Å². The number of piperidine rings is 1. The van der Waals surface area contributed by atoms with Crippen LogP contribution in [0, 0.1) is 0 Å². The molecule has 0 radical (unpaired) electrons. The van der Waals surface area contributed by atoms with Crippen molar-refractivity contribution in [3.05, 3.63) is 51.6 Å². The number of hydrogen-bond acceptors (Lipinski definition) is 7. The molecule has 3 N–H and O–H groups in total. The Labute approximate surface area is 222 Å². The normalized spacial score (nSPS) is 21.4. The Kier molecular flexibility index (Phi) is 7.55. The highest BCUT2D eigenvalue weighted by Crippen LogP contribution is 2.30. The molecule has 192 valence electrons. The van der Waals surface area contributed by atoms with Crippen LogP contribution in [0.3, 0.4) is 0 Å². The van der Waals surface area contributed by atoms with Crippen LogP contribution in [-0.4, -0.2) is 84.4 Å². The molecule has 2 saturated heterocycles. The van der Waals surface area contributed by atoms with E-state index >= 15 is 0 Å². The molecule has 0 spiro atoms. The highest BCUT2D eigenvalue weighted by atomic mass is 35.5. The van der Waals surface area contributed by atoms with Crippen LogP contribution in [0.4, 0.5) is 11.5 Å². The molecule has 1 amide bonds. The molecule has 2 aromatic rings. The fourth-order valence-corrected chi connectivity index (χ4v) is 6.06. The SMILES string of the molecule is CC[C@H]1CN(c2ncc(C3=NCCN3)cc2Cl)CCN1C1CCN(C(=O)c2ccc(Cl)cc2N)CC1. The van der Waals surface area contributed by atoms with Crippen molar-refractivity contribution >= 4 is 46.4 Å². The van der Waals surface area contributed by atoms with Crippen molar-refractivity contribution in [3.8, 4) is 0 Å². The zero-order valence-electron chi connectivity index (χ0n) is 20.6. The molecule has 1 aromatic heterocycles. The van der Waals surface area contributed by atoms with Gasteiger partial charge in [0.2, 0.25) is 0 Å². The summed E-state index contributed by atoms with van der Waals surface area (Å²) in [4.78, 5) is 29.1. The fourth-order valence-electron chi connectivity index (χ4n) is 5.59. The van der Waals surface area contributed by atoms with E-state index in [2.05, 4.69) is 27.0 Å². The van der Waals surface area contributed by atoms with Gasteiger partial charge in [0.15, 0.2) is 0 Å². The highest BCUT2D eigenvalue weighted by Gasteiger charge is 2.35. The van der Waals surface area contributed by atoms with Gasteiger partial charge in [0.05, 0.1) is 17.1 Å². The summed E-state index contributed by atoms with van der Waals surface area (Å²) in [5.41, 5.74) is 7.96. The molecule has 1 aromatic carbocycles. The number of likely N-dealkylation sites (tertiary alicyclic amines) is 1. The second-order valence-corrected chi connectivity index (χ2v) is 10.5. The van der Waals surface area contributed by atoms with Gasteiger partial charge in [-0.15, -0.1) is 0 Å². The molecule has 0 unspecified atom stereocenters. The number of carbonyl (C=O) groups is 1. The van der Waals surface area contributed by atoms with Gasteiger partial charge in [-0.1, -0.05) is 30.1 Å². The number of halogens is 2. The summed E-state index contributed by atoms with van der Waals surface area (Å²) >= 11 is 12.7. The second kappa shape index (κ2) is 10.8. The number of amides is 1. The molecule has 5 rings (SSSR count). The first-order chi connectivity index (χ1) is 17.4. The topological polar surface area (TPSA) is 90.1 Å². The van der Waals surface area contributed by atoms with Gasteiger partial charge in [-0.25, -0.2) is 4.98 Å². The van der Waals surface area contributed by atoms with Gasteiger partial charge in [-0.3, -0.25) is 14.7 Å². The average Bonchev–Trinajstić information content (AvgIpc) is 3.43. The molecule has 36 heavy (non-hydrogen) atoms. The monoisotopic (exact) mass is 529 g/mol. The number of amidine groups is 1. The number of nitrogens with two attached hydrogens (primary N) is 1. The molecule has 4 heterocycles. The number of piperazine rings is 1. The minimum Gasteiger partial charge on any atom is -0.398 e. The summed E-state index contributed by atoms with van der Waals surface area (Å²) in [6.07, 6.45) is 4.83. The van der Waals surface area contributed by atoms with Crippen molar-refractivity contribution in [3.63, 3.8) is 0 Å². The van der Waals surface area contributed by atoms with Crippen LogP contribution in [-0.2, 0) is 0 Å². The maximum absolute atomic E-state index is 13.0. The minimum atomic E-state index is -0.0117. The lowest BCUT2D eigenvalue weighted by Gasteiger charge is -2.47. The van der Waals surface area contributed by atoms with Crippen LogP contribution in [0.2, 0.25) is 10.0 Å². The predicted octanol–water partition coefficient (Wildman–Crippen LogP) is 3.53. The van der Waals surface area contributed by atoms with Gasteiger partial charge >= 0.3 is 0 Å². The van der Waals surface area contributed by atoms with E-state index in [-0.39, 0.29) is 5.91 Å². The number of carbonyl (C=O) groups excluding carboxylic acids is 1. The Hall–Kier alpha value is -2.55. The number of rotatable bonds is 5. The molecule has 2 fully saturated rings. The standard InChI is InChI=1S/C26H33Cl2N7O/c1-2-19-16-34(25-22(28)13-17(15-32-25)24-30-7-8-31-24)11-12-35(19)20-5-9-33(10-6-20)26(36)21-4-3-18(27)14-23(21)29/h3-4,13-15,19-20H,2,5-12,16,29H2,1H3,(H,30,31)/t19-/m0/s1. The predicted molar refractivity (Wildman–Crippen MR) is 146 cm³/mol. The molecule has 1 atom stereocenters. The summed E-state index contributed by atoms with van der Waals surface area (Å²) in [5.74, 6) is 1.70. The van der Waals surface area contributed by atoms with Crippen molar-refractivity contribution in [1.82, 2.24) is 20.1 Å². The number of nitrogens with one attached hydrogen (secondary N) is 1. The van der Waals surface area contributed by atoms with Gasteiger partial charge in [0.1, 0.15) is 11.7 Å². The fraction of sp³-hybridized carbons (Fsp3) is 0.500. The minimum absolute atomic E-state index is 0.0117. The Balaban J connectivity index is 1.20. The smallest absolute Gasteiger partial charge is 0.255 e. The van der Waals surface area contributed by atoms with Crippen molar-refractivity contribution in [1.29, 1.82) is 0 Å². The van der Waals surface area contributed by atoms with Gasteiger partial charge in [-0.2, -0.15) is 0 Å². The third-order valence-electron chi connectivity index (χ3n) is 7.53. The quantitative estimate of drug-likeness (QED) is 0.575. The zero-order chi connectivity index (χ0) is 25.2. The van der Waals surface area contributed by atoms with Crippen LogP contribution >= 0.6 is 23.2 Å². The van der Waals surface area contributed by atoms with E-state index in [1.165, 1.54) is 0 Å². The number of benzene rings is 1. The molecule has 10 heteroatoms. The lowest BCUT2D eigenvalue weighted by molar-refractivity contribution is 0.0491. The van der Waals surface area contributed by atoms with E-state index in [0.717, 1.165) is 82.3 Å². The van der Waals surface area contributed by atoms with Crippen LogP contribution < -0.4 is 16.0 Å². The lowest BCUT2D eigenvalue weighted by Crippen LogP contribution is -2.58. The summed E-state index contributed by atoms with van der Waals surface area (Å²) in [6.45, 7) is 8.07. The zero-order valence-corrected chi connectivity index (χ0v) is 22.1. The van der Waals surface area contributed by atoms with Crippen molar-refractivity contribution in [2.45, 2.75) is 38.3 Å². The van der Waals surface area contributed by atoms with E-state index in [4.69, 9.17) is 33.9 Å². The summed E-state index contributed by atoms with van der Waals surface area (Å²) < 4.78 is 0. The number of nitrogen functional groups attached to an aromatic ring is 1. The molecule has 8 nitrogen and oxygen atoms in total. The molecular weight excluding hydrogens is 497 g/mol. The summed E-state index contributed by atoms with van der Waals surface area (Å²) in [5, 5.41) is 4.49. The van der Waals surface area contributed by atoms with Gasteiger partial charge in [0, 0.05) is 73.8 Å². The van der Waals surface area contributed by atoms with Crippen LogP contribution in [0.25, 0.3) is 0 Å².